The maximum atomic E-state index is 13.7. The summed E-state index contributed by atoms with van der Waals surface area (Å²) in [4.78, 5) is 11.8. The fourth-order valence-electron chi connectivity index (χ4n) is 6.00. The Kier molecular flexibility index (Phi) is 3.54. The number of nitrogens with one attached hydrogen (secondary N) is 1. The Morgan fingerprint density at radius 2 is 2.17 bits per heavy atom. The molecule has 1 saturated heterocycles. The zero-order valence-corrected chi connectivity index (χ0v) is 14.6. The number of fused-ring (bicyclic) bond motifs is 1. The number of hydrogen-bond donors (Lipinski definition) is 1. The minimum atomic E-state index is -0.211. The fourth-order valence-corrected chi connectivity index (χ4v) is 6.00. The van der Waals surface area contributed by atoms with Crippen LogP contribution in [0.1, 0.15) is 51.7 Å². The van der Waals surface area contributed by atoms with E-state index >= 15 is 0 Å². The van der Waals surface area contributed by atoms with Crippen LogP contribution in [0.5, 0.6) is 0 Å². The second-order valence-electron chi connectivity index (χ2n) is 8.53. The van der Waals surface area contributed by atoms with Crippen molar-refractivity contribution >= 4 is 5.91 Å². The summed E-state index contributed by atoms with van der Waals surface area (Å²) < 4.78 is 19.8. The summed E-state index contributed by atoms with van der Waals surface area (Å²) in [6.07, 6.45) is 3.16. The molecule has 2 bridgehead atoms. The lowest BCUT2D eigenvalue weighted by molar-refractivity contribution is -0.136. The Morgan fingerprint density at radius 3 is 2.88 bits per heavy atom. The molecule has 0 radical (unpaired) electrons. The van der Waals surface area contributed by atoms with E-state index in [4.69, 9.17) is 4.74 Å². The molecule has 1 heterocycles. The Labute approximate surface area is 143 Å². The van der Waals surface area contributed by atoms with Crippen molar-refractivity contribution in [3.63, 3.8) is 0 Å². The second kappa shape index (κ2) is 5.29. The van der Waals surface area contributed by atoms with Crippen LogP contribution in [0.25, 0.3) is 0 Å². The third-order valence-electron chi connectivity index (χ3n) is 7.03. The maximum absolute atomic E-state index is 13.7. The molecule has 24 heavy (non-hydrogen) atoms. The van der Waals surface area contributed by atoms with Crippen LogP contribution in [0.4, 0.5) is 4.39 Å². The smallest absolute Gasteiger partial charge is 0.217 e. The highest BCUT2D eigenvalue weighted by Crippen LogP contribution is 2.70. The van der Waals surface area contributed by atoms with E-state index in [0.717, 1.165) is 24.8 Å². The average molecular weight is 331 g/mol. The number of halogens is 1. The van der Waals surface area contributed by atoms with E-state index in [1.807, 2.05) is 6.07 Å². The number of amides is 1. The standard InChI is InChI=1S/C20H26FNO2/c1-12(23)22-18-19(2,3)14-10-16-17(13-5-4-6-15(21)9-13)24-8-7-20(16,18)11-14/h4-6,9,14,16-18H,7-8,10-11H2,1-3H3,(H,22,23)/t14-,16-,17-,18-,20?/m1/s1. The van der Waals surface area contributed by atoms with E-state index in [-0.39, 0.29) is 34.7 Å². The SMILES string of the molecule is CC(=O)N[C@@H]1C(C)(C)[C@@H]2C[C@@H]3[C@@H](c4cccc(F)c4)OCCC31C2. The molecule has 3 aliphatic rings. The van der Waals surface area contributed by atoms with Crippen molar-refractivity contribution < 1.29 is 13.9 Å². The lowest BCUT2D eigenvalue weighted by Crippen LogP contribution is -2.58. The van der Waals surface area contributed by atoms with Crippen molar-refractivity contribution in [2.24, 2.45) is 22.7 Å². The van der Waals surface area contributed by atoms with Crippen LogP contribution in [-0.2, 0) is 9.53 Å². The molecule has 4 rings (SSSR count). The monoisotopic (exact) mass is 331 g/mol. The Hall–Kier alpha value is -1.42. The van der Waals surface area contributed by atoms with Crippen LogP contribution in [0.15, 0.2) is 24.3 Å². The number of benzene rings is 1. The molecule has 1 aromatic rings. The van der Waals surface area contributed by atoms with Gasteiger partial charge < -0.3 is 10.1 Å². The van der Waals surface area contributed by atoms with Crippen molar-refractivity contribution in [1.29, 1.82) is 0 Å². The first kappa shape index (κ1) is 16.1. The fraction of sp³-hybridized carbons (Fsp3) is 0.650. The van der Waals surface area contributed by atoms with Gasteiger partial charge in [0.05, 0.1) is 6.10 Å². The number of ether oxygens (including phenoxy) is 1. The van der Waals surface area contributed by atoms with Crippen LogP contribution in [0, 0.1) is 28.5 Å². The van der Waals surface area contributed by atoms with Gasteiger partial charge in [-0.05, 0) is 59.6 Å². The van der Waals surface area contributed by atoms with Crippen LogP contribution >= 0.6 is 0 Å². The number of rotatable bonds is 2. The summed E-state index contributed by atoms with van der Waals surface area (Å²) in [5.74, 6) is 0.764. The van der Waals surface area contributed by atoms with Gasteiger partial charge in [0.25, 0.3) is 0 Å². The summed E-state index contributed by atoms with van der Waals surface area (Å²) in [5, 5.41) is 3.27. The van der Waals surface area contributed by atoms with Crippen LogP contribution in [-0.4, -0.2) is 18.6 Å². The van der Waals surface area contributed by atoms with Gasteiger partial charge in [-0.3, -0.25) is 4.79 Å². The molecule has 1 unspecified atom stereocenters. The van der Waals surface area contributed by atoms with Gasteiger partial charge in [-0.1, -0.05) is 26.0 Å². The van der Waals surface area contributed by atoms with Gasteiger partial charge in [0.2, 0.25) is 5.91 Å². The zero-order valence-electron chi connectivity index (χ0n) is 14.6. The van der Waals surface area contributed by atoms with Crippen molar-refractivity contribution in [2.45, 2.75) is 52.2 Å². The van der Waals surface area contributed by atoms with E-state index in [1.165, 1.54) is 6.07 Å². The number of hydrogen-bond acceptors (Lipinski definition) is 2. The molecule has 3 fully saturated rings. The van der Waals surface area contributed by atoms with E-state index < -0.39 is 0 Å². The molecule has 1 aliphatic heterocycles. The van der Waals surface area contributed by atoms with Crippen LogP contribution in [0.2, 0.25) is 0 Å². The van der Waals surface area contributed by atoms with E-state index in [2.05, 4.69) is 19.2 Å². The zero-order chi connectivity index (χ0) is 17.1. The lowest BCUT2D eigenvalue weighted by Gasteiger charge is -2.53. The molecule has 2 aliphatic carbocycles. The third kappa shape index (κ3) is 2.15. The Morgan fingerprint density at radius 1 is 1.38 bits per heavy atom. The first-order valence-electron chi connectivity index (χ1n) is 8.99. The summed E-state index contributed by atoms with van der Waals surface area (Å²) in [7, 11) is 0. The predicted octanol–water partition coefficient (Wildman–Crippen LogP) is 3.84. The van der Waals surface area contributed by atoms with Gasteiger partial charge in [-0.2, -0.15) is 0 Å². The molecule has 5 atom stereocenters. The molecule has 3 nitrogen and oxygen atoms in total. The Balaban J connectivity index is 1.72. The summed E-state index contributed by atoms with van der Waals surface area (Å²) >= 11 is 0. The molecular formula is C20H26FNO2. The average Bonchev–Trinajstić information content (AvgIpc) is 3.00. The predicted molar refractivity (Wildman–Crippen MR) is 89.7 cm³/mol. The van der Waals surface area contributed by atoms with Crippen molar-refractivity contribution in [2.75, 3.05) is 6.61 Å². The van der Waals surface area contributed by atoms with E-state index in [9.17, 15) is 9.18 Å². The maximum Gasteiger partial charge on any atom is 0.217 e. The molecule has 2 saturated carbocycles. The highest BCUT2D eigenvalue weighted by atomic mass is 19.1. The molecule has 130 valence electrons. The van der Waals surface area contributed by atoms with E-state index in [0.29, 0.717) is 18.4 Å². The summed E-state index contributed by atoms with van der Waals surface area (Å²) in [6.45, 7) is 6.86. The lowest BCUT2D eigenvalue weighted by atomic mass is 9.59. The normalized spacial score (nSPS) is 39.5. The minimum Gasteiger partial charge on any atom is -0.373 e. The highest BCUT2D eigenvalue weighted by molar-refractivity contribution is 5.73. The molecule has 1 aromatic carbocycles. The molecule has 4 heteroatoms. The van der Waals surface area contributed by atoms with Crippen LogP contribution < -0.4 is 5.32 Å². The Bertz CT molecular complexity index is 673. The number of carbonyl (C=O) groups excluding carboxylic acids is 1. The van der Waals surface area contributed by atoms with Crippen molar-refractivity contribution in [1.82, 2.24) is 5.32 Å². The van der Waals surface area contributed by atoms with Gasteiger partial charge in [0.1, 0.15) is 5.82 Å². The molecule has 1 spiro atoms. The molecule has 1 amide bonds. The second-order valence-corrected chi connectivity index (χ2v) is 8.53. The first-order chi connectivity index (χ1) is 11.3. The number of carbonyl (C=O) groups is 1. The third-order valence-corrected chi connectivity index (χ3v) is 7.03. The van der Waals surface area contributed by atoms with Crippen LogP contribution in [0.3, 0.4) is 0 Å². The van der Waals surface area contributed by atoms with Gasteiger partial charge in [-0.25, -0.2) is 4.39 Å². The van der Waals surface area contributed by atoms with Gasteiger partial charge in [-0.15, -0.1) is 0 Å². The molecule has 1 N–H and O–H groups in total. The molecule has 0 aromatic heterocycles. The van der Waals surface area contributed by atoms with Crippen molar-refractivity contribution in [3.05, 3.63) is 35.6 Å². The first-order valence-corrected chi connectivity index (χ1v) is 8.99. The summed E-state index contributed by atoms with van der Waals surface area (Å²) in [5.41, 5.74) is 1.12. The quantitative estimate of drug-likeness (QED) is 0.894. The minimum absolute atomic E-state index is 0.0440. The highest BCUT2D eigenvalue weighted by Gasteiger charge is 2.68. The summed E-state index contributed by atoms with van der Waals surface area (Å²) in [6, 6.07) is 6.99. The van der Waals surface area contributed by atoms with Crippen molar-refractivity contribution in [3.8, 4) is 0 Å². The van der Waals surface area contributed by atoms with Gasteiger partial charge >= 0.3 is 0 Å². The van der Waals surface area contributed by atoms with Gasteiger partial charge in [0, 0.05) is 19.6 Å². The van der Waals surface area contributed by atoms with E-state index in [1.54, 1.807) is 19.1 Å². The topological polar surface area (TPSA) is 38.3 Å². The largest absolute Gasteiger partial charge is 0.373 e. The van der Waals surface area contributed by atoms with Gasteiger partial charge in [0.15, 0.2) is 0 Å². The molecular weight excluding hydrogens is 305 g/mol.